The fourth-order valence-corrected chi connectivity index (χ4v) is 2.76. The minimum atomic E-state index is 0.295. The van der Waals surface area contributed by atoms with Crippen molar-refractivity contribution in [1.29, 1.82) is 0 Å². The molecular formula is C20H17ClN2O2. The van der Waals surface area contributed by atoms with Crippen LogP contribution in [0.25, 0.3) is 11.1 Å². The lowest BCUT2D eigenvalue weighted by Gasteiger charge is -2.11. The van der Waals surface area contributed by atoms with Gasteiger partial charge in [0.15, 0.2) is 6.29 Å². The molecule has 1 heterocycles. The third-order valence-electron chi connectivity index (χ3n) is 3.92. The summed E-state index contributed by atoms with van der Waals surface area (Å²) >= 11 is 6.22. The maximum absolute atomic E-state index is 10.7. The first-order valence-electron chi connectivity index (χ1n) is 7.84. The molecule has 0 saturated heterocycles. The summed E-state index contributed by atoms with van der Waals surface area (Å²) in [6.07, 6.45) is 2.07. The Balaban J connectivity index is 1.81. The fraction of sp³-hybridized carbons (Fsp3) is 0.150. The summed E-state index contributed by atoms with van der Waals surface area (Å²) in [4.78, 5) is 19.0. The quantitative estimate of drug-likeness (QED) is 0.618. The van der Waals surface area contributed by atoms with E-state index < -0.39 is 0 Å². The third kappa shape index (κ3) is 3.86. The lowest BCUT2D eigenvalue weighted by atomic mass is 9.99. The Hall–Kier alpha value is -2.72. The number of carbonyl (C=O) groups is 1. The van der Waals surface area contributed by atoms with Crippen LogP contribution in [0.1, 0.15) is 27.3 Å². The predicted octanol–water partition coefficient (Wildman–Crippen LogP) is 4.81. The molecule has 25 heavy (non-hydrogen) atoms. The first-order chi connectivity index (χ1) is 12.1. The van der Waals surface area contributed by atoms with E-state index in [1.165, 1.54) is 6.20 Å². The van der Waals surface area contributed by atoms with E-state index in [0.717, 1.165) is 27.3 Å². The van der Waals surface area contributed by atoms with Gasteiger partial charge in [-0.25, -0.2) is 9.97 Å². The molecule has 0 radical (unpaired) electrons. The summed E-state index contributed by atoms with van der Waals surface area (Å²) < 4.78 is 5.75. The molecule has 0 bridgehead atoms. The zero-order chi connectivity index (χ0) is 17.8. The number of carbonyl (C=O) groups excluding carboxylic acids is 1. The zero-order valence-corrected chi connectivity index (χ0v) is 14.7. The van der Waals surface area contributed by atoms with Gasteiger partial charge in [0.25, 0.3) is 0 Å². The van der Waals surface area contributed by atoms with Crippen molar-refractivity contribution in [3.63, 3.8) is 0 Å². The van der Waals surface area contributed by atoms with Gasteiger partial charge in [-0.1, -0.05) is 41.9 Å². The summed E-state index contributed by atoms with van der Waals surface area (Å²) in [5.41, 5.74) is 5.13. The summed E-state index contributed by atoms with van der Waals surface area (Å²) in [5.74, 6) is 0.426. The Bertz CT molecular complexity index is 925. The number of ether oxygens (including phenoxy) is 1. The third-order valence-corrected chi connectivity index (χ3v) is 4.33. The van der Waals surface area contributed by atoms with Crippen molar-refractivity contribution < 1.29 is 9.53 Å². The van der Waals surface area contributed by atoms with Gasteiger partial charge in [0.05, 0.1) is 6.20 Å². The standard InChI is InChI=1S/C20H17ClN2O2/c1-13-18(7-4-8-19(13)21)16-6-3-5-15(9-16)12-25-20-14(2)23-17(11-24)10-22-20/h3-11H,12H2,1-2H3. The molecule has 0 aliphatic heterocycles. The Morgan fingerprint density at radius 2 is 1.96 bits per heavy atom. The number of aryl methyl sites for hydroxylation is 1. The van der Waals surface area contributed by atoms with E-state index in [0.29, 0.717) is 30.2 Å². The highest BCUT2D eigenvalue weighted by Crippen LogP contribution is 2.29. The number of benzene rings is 2. The summed E-state index contributed by atoms with van der Waals surface area (Å²) in [6, 6.07) is 14.0. The molecule has 0 spiro atoms. The Morgan fingerprint density at radius 3 is 2.72 bits per heavy atom. The van der Waals surface area contributed by atoms with Crippen molar-refractivity contribution in [2.45, 2.75) is 20.5 Å². The molecule has 3 rings (SSSR count). The van der Waals surface area contributed by atoms with Crippen molar-refractivity contribution in [3.05, 3.63) is 76.2 Å². The molecule has 0 atom stereocenters. The second kappa shape index (κ2) is 7.45. The summed E-state index contributed by atoms with van der Waals surface area (Å²) in [7, 11) is 0. The van der Waals surface area contributed by atoms with Crippen molar-refractivity contribution in [1.82, 2.24) is 9.97 Å². The SMILES string of the molecule is Cc1nc(C=O)cnc1OCc1cccc(-c2cccc(Cl)c2C)c1. The molecule has 4 nitrogen and oxygen atoms in total. The van der Waals surface area contributed by atoms with Crippen LogP contribution in [0, 0.1) is 13.8 Å². The number of halogens is 1. The highest BCUT2D eigenvalue weighted by molar-refractivity contribution is 6.31. The summed E-state index contributed by atoms with van der Waals surface area (Å²) in [5, 5.41) is 0.750. The van der Waals surface area contributed by atoms with Crippen LogP contribution >= 0.6 is 11.6 Å². The van der Waals surface area contributed by atoms with Gasteiger partial charge in [-0.05, 0) is 48.2 Å². The van der Waals surface area contributed by atoms with Gasteiger partial charge in [-0.2, -0.15) is 0 Å². The largest absolute Gasteiger partial charge is 0.472 e. The molecule has 126 valence electrons. The van der Waals surface area contributed by atoms with Crippen LogP contribution in [0.4, 0.5) is 0 Å². The molecule has 0 aliphatic carbocycles. The topological polar surface area (TPSA) is 52.1 Å². The van der Waals surface area contributed by atoms with Gasteiger partial charge >= 0.3 is 0 Å². The van der Waals surface area contributed by atoms with E-state index in [4.69, 9.17) is 16.3 Å². The van der Waals surface area contributed by atoms with Gasteiger partial charge in [-0.3, -0.25) is 4.79 Å². The van der Waals surface area contributed by atoms with Crippen LogP contribution in [0.2, 0.25) is 5.02 Å². The van der Waals surface area contributed by atoms with E-state index in [-0.39, 0.29) is 0 Å². The smallest absolute Gasteiger partial charge is 0.235 e. The average molecular weight is 353 g/mol. The Labute approximate surface area is 151 Å². The first-order valence-corrected chi connectivity index (χ1v) is 8.22. The fourth-order valence-electron chi connectivity index (χ4n) is 2.59. The van der Waals surface area contributed by atoms with Crippen LogP contribution in [0.5, 0.6) is 5.88 Å². The average Bonchev–Trinajstić information content (AvgIpc) is 2.63. The molecule has 1 aromatic heterocycles. The lowest BCUT2D eigenvalue weighted by Crippen LogP contribution is -2.02. The molecule has 0 N–H and O–H groups in total. The minimum Gasteiger partial charge on any atom is -0.472 e. The molecule has 3 aromatic rings. The number of nitrogens with zero attached hydrogens (tertiary/aromatic N) is 2. The van der Waals surface area contributed by atoms with Gasteiger partial charge < -0.3 is 4.74 Å². The van der Waals surface area contributed by atoms with E-state index in [1.54, 1.807) is 6.92 Å². The highest BCUT2D eigenvalue weighted by atomic mass is 35.5. The van der Waals surface area contributed by atoms with E-state index in [9.17, 15) is 4.79 Å². The lowest BCUT2D eigenvalue weighted by molar-refractivity contribution is 0.111. The summed E-state index contributed by atoms with van der Waals surface area (Å²) in [6.45, 7) is 4.14. The van der Waals surface area contributed by atoms with Crippen molar-refractivity contribution in [2.75, 3.05) is 0 Å². The van der Waals surface area contributed by atoms with Gasteiger partial charge in [0.1, 0.15) is 18.0 Å². The maximum atomic E-state index is 10.7. The van der Waals surface area contributed by atoms with Crippen LogP contribution < -0.4 is 4.74 Å². The molecule has 0 saturated carbocycles. The van der Waals surface area contributed by atoms with Crippen LogP contribution in [-0.4, -0.2) is 16.3 Å². The number of aldehydes is 1. The first kappa shape index (κ1) is 17.1. The number of rotatable bonds is 5. The monoisotopic (exact) mass is 352 g/mol. The van der Waals surface area contributed by atoms with Crippen LogP contribution in [0.15, 0.2) is 48.7 Å². The van der Waals surface area contributed by atoms with E-state index in [2.05, 4.69) is 22.1 Å². The minimum absolute atomic E-state index is 0.295. The van der Waals surface area contributed by atoms with Crippen molar-refractivity contribution in [3.8, 4) is 17.0 Å². The van der Waals surface area contributed by atoms with Crippen molar-refractivity contribution in [2.24, 2.45) is 0 Å². The predicted molar refractivity (Wildman–Crippen MR) is 98.1 cm³/mol. The highest BCUT2D eigenvalue weighted by Gasteiger charge is 2.08. The number of aromatic nitrogens is 2. The maximum Gasteiger partial charge on any atom is 0.235 e. The molecule has 0 unspecified atom stereocenters. The Kier molecular flexibility index (Phi) is 5.10. The van der Waals surface area contributed by atoms with Gasteiger partial charge in [-0.15, -0.1) is 0 Å². The molecule has 0 amide bonds. The normalized spacial score (nSPS) is 10.5. The molecule has 5 heteroatoms. The zero-order valence-electron chi connectivity index (χ0n) is 14.0. The number of hydrogen-bond acceptors (Lipinski definition) is 4. The van der Waals surface area contributed by atoms with Crippen LogP contribution in [0.3, 0.4) is 0 Å². The van der Waals surface area contributed by atoms with Crippen LogP contribution in [-0.2, 0) is 6.61 Å². The van der Waals surface area contributed by atoms with E-state index >= 15 is 0 Å². The number of hydrogen-bond donors (Lipinski definition) is 0. The molecule has 2 aromatic carbocycles. The van der Waals surface area contributed by atoms with Crippen molar-refractivity contribution >= 4 is 17.9 Å². The second-order valence-electron chi connectivity index (χ2n) is 5.70. The molecule has 0 aliphatic rings. The molecule has 0 fully saturated rings. The Morgan fingerprint density at radius 1 is 1.16 bits per heavy atom. The van der Waals surface area contributed by atoms with Gasteiger partial charge in [0.2, 0.25) is 5.88 Å². The molecular weight excluding hydrogens is 336 g/mol. The van der Waals surface area contributed by atoms with Gasteiger partial charge in [0, 0.05) is 5.02 Å². The van der Waals surface area contributed by atoms with E-state index in [1.807, 2.05) is 37.3 Å². The second-order valence-corrected chi connectivity index (χ2v) is 6.11.